The number of nitrogens with one attached hydrogen (secondary N) is 1. The number of hydrogen-bond donors (Lipinski definition) is 1. The van der Waals surface area contributed by atoms with Crippen molar-refractivity contribution in [3.63, 3.8) is 0 Å². The number of ketones is 1. The fourth-order valence-corrected chi connectivity index (χ4v) is 3.81. The lowest BCUT2D eigenvalue weighted by atomic mass is 9.96. The van der Waals surface area contributed by atoms with E-state index >= 15 is 0 Å². The van der Waals surface area contributed by atoms with Gasteiger partial charge in [-0.1, -0.05) is 43.7 Å². The summed E-state index contributed by atoms with van der Waals surface area (Å²) < 4.78 is 6.02. The van der Waals surface area contributed by atoms with Crippen molar-refractivity contribution in [1.82, 2.24) is 0 Å². The zero-order valence-corrected chi connectivity index (χ0v) is 17.3. The summed E-state index contributed by atoms with van der Waals surface area (Å²) in [6.45, 7) is 2.18. The molecule has 2 atom stereocenters. The highest BCUT2D eigenvalue weighted by Gasteiger charge is 2.39. The quantitative estimate of drug-likeness (QED) is 0.288. The van der Waals surface area contributed by atoms with Crippen molar-refractivity contribution in [2.24, 2.45) is 0 Å². The van der Waals surface area contributed by atoms with Crippen LogP contribution >= 0.6 is 0 Å². The van der Waals surface area contributed by atoms with E-state index in [1.54, 1.807) is 0 Å². The summed E-state index contributed by atoms with van der Waals surface area (Å²) in [6.07, 6.45) is 2.59. The van der Waals surface area contributed by atoms with Gasteiger partial charge in [0.25, 0.3) is 5.69 Å². The fraction of sp³-hybridized carbons (Fsp3) is 0.240. The highest BCUT2D eigenvalue weighted by molar-refractivity contribution is 6.01. The number of benzene rings is 3. The van der Waals surface area contributed by atoms with E-state index in [-0.39, 0.29) is 17.5 Å². The van der Waals surface area contributed by atoms with E-state index in [9.17, 15) is 14.9 Å². The maximum atomic E-state index is 13.2. The van der Waals surface area contributed by atoms with Gasteiger partial charge in [-0.2, -0.15) is 0 Å². The Morgan fingerprint density at radius 2 is 1.74 bits per heavy atom. The third kappa shape index (κ3) is 4.43. The maximum absolute atomic E-state index is 13.2. The van der Waals surface area contributed by atoms with Gasteiger partial charge in [0.1, 0.15) is 5.75 Å². The predicted molar refractivity (Wildman–Crippen MR) is 120 cm³/mol. The van der Waals surface area contributed by atoms with Crippen LogP contribution in [0.3, 0.4) is 0 Å². The number of fused-ring (bicyclic) bond motifs is 1. The first kappa shape index (κ1) is 20.6. The largest absolute Gasteiger partial charge is 0.479 e. The Morgan fingerprint density at radius 3 is 2.42 bits per heavy atom. The summed E-state index contributed by atoms with van der Waals surface area (Å²) in [5.41, 5.74) is 3.44. The van der Waals surface area contributed by atoms with E-state index in [1.165, 1.54) is 29.8 Å². The minimum Gasteiger partial charge on any atom is -0.479 e. The number of rotatable bonds is 8. The Bertz CT molecular complexity index is 1080. The van der Waals surface area contributed by atoms with Gasteiger partial charge in [0.15, 0.2) is 6.10 Å². The molecule has 4 rings (SSSR count). The van der Waals surface area contributed by atoms with Crippen LogP contribution in [0.25, 0.3) is 0 Å². The van der Waals surface area contributed by atoms with Crippen LogP contribution in [0, 0.1) is 10.1 Å². The molecule has 3 aromatic carbocycles. The number of Topliss-reactive ketones (excluding diaryl/α,β-unsaturated/α-hetero) is 1. The fourth-order valence-electron chi connectivity index (χ4n) is 3.81. The molecule has 6 heteroatoms. The van der Waals surface area contributed by atoms with Crippen LogP contribution in [0.1, 0.15) is 47.3 Å². The number of unbranched alkanes of at least 4 members (excludes halogenated alkanes) is 1. The van der Waals surface area contributed by atoms with Gasteiger partial charge in [-0.25, -0.2) is 0 Å². The lowest BCUT2D eigenvalue weighted by Gasteiger charge is -2.21. The topological polar surface area (TPSA) is 81.5 Å². The second-order valence-electron chi connectivity index (χ2n) is 7.67. The number of nitrogens with zero attached hydrogens (tertiary/aromatic N) is 1. The monoisotopic (exact) mass is 416 g/mol. The van der Waals surface area contributed by atoms with Crippen molar-refractivity contribution in [2.75, 3.05) is 5.32 Å². The third-order valence-corrected chi connectivity index (χ3v) is 5.53. The molecule has 0 radical (unpaired) electrons. The van der Waals surface area contributed by atoms with E-state index in [0.29, 0.717) is 11.3 Å². The molecular formula is C25H24N2O4. The number of nitro groups is 1. The van der Waals surface area contributed by atoms with Gasteiger partial charge >= 0.3 is 0 Å². The van der Waals surface area contributed by atoms with Crippen LogP contribution in [-0.2, 0) is 6.42 Å². The van der Waals surface area contributed by atoms with Crippen LogP contribution in [0.2, 0.25) is 0 Å². The third-order valence-electron chi connectivity index (χ3n) is 5.53. The number of non-ortho nitro benzene ring substituents is 1. The zero-order valence-electron chi connectivity index (χ0n) is 17.3. The SMILES string of the molecule is CCCCc1ccc(NC2c3ccccc3OC2C(=O)c2ccc([N+](=O)[O-])cc2)cc1. The maximum Gasteiger partial charge on any atom is 0.269 e. The van der Waals surface area contributed by atoms with E-state index in [0.717, 1.165) is 30.5 Å². The van der Waals surface area contributed by atoms with Crippen molar-refractivity contribution in [3.8, 4) is 5.75 Å². The molecule has 0 bridgehead atoms. The van der Waals surface area contributed by atoms with Gasteiger partial charge in [0.2, 0.25) is 5.78 Å². The van der Waals surface area contributed by atoms with E-state index in [4.69, 9.17) is 4.74 Å². The first-order valence-electron chi connectivity index (χ1n) is 10.5. The number of para-hydroxylation sites is 1. The molecule has 1 N–H and O–H groups in total. The van der Waals surface area contributed by atoms with Crippen LogP contribution in [0.5, 0.6) is 5.75 Å². The number of aryl methyl sites for hydroxylation is 1. The number of hydrogen-bond acceptors (Lipinski definition) is 5. The summed E-state index contributed by atoms with van der Waals surface area (Å²) in [6, 6.07) is 21.1. The van der Waals surface area contributed by atoms with Crippen LogP contribution in [0.15, 0.2) is 72.8 Å². The minimum absolute atomic E-state index is 0.0509. The average Bonchev–Trinajstić information content (AvgIpc) is 3.16. The highest BCUT2D eigenvalue weighted by Crippen LogP contribution is 2.40. The second-order valence-corrected chi connectivity index (χ2v) is 7.67. The molecule has 0 saturated carbocycles. The van der Waals surface area contributed by atoms with Crippen molar-refractivity contribution in [1.29, 1.82) is 0 Å². The Morgan fingerprint density at radius 1 is 1.03 bits per heavy atom. The van der Waals surface area contributed by atoms with Crippen molar-refractivity contribution in [2.45, 2.75) is 38.3 Å². The zero-order chi connectivity index (χ0) is 21.8. The van der Waals surface area contributed by atoms with Crippen molar-refractivity contribution in [3.05, 3.63) is 99.6 Å². The summed E-state index contributed by atoms with van der Waals surface area (Å²) in [4.78, 5) is 23.7. The number of anilines is 1. The molecule has 1 aliphatic heterocycles. The average molecular weight is 416 g/mol. The Kier molecular flexibility index (Phi) is 5.98. The molecule has 3 aromatic rings. The second kappa shape index (κ2) is 9.00. The first-order chi connectivity index (χ1) is 15.1. The molecular weight excluding hydrogens is 392 g/mol. The Balaban J connectivity index is 1.58. The summed E-state index contributed by atoms with van der Waals surface area (Å²) >= 11 is 0. The summed E-state index contributed by atoms with van der Waals surface area (Å²) in [7, 11) is 0. The van der Waals surface area contributed by atoms with Gasteiger partial charge in [-0.15, -0.1) is 0 Å². The molecule has 31 heavy (non-hydrogen) atoms. The van der Waals surface area contributed by atoms with Crippen LogP contribution in [-0.4, -0.2) is 16.8 Å². The van der Waals surface area contributed by atoms with Gasteiger partial charge in [0, 0.05) is 28.9 Å². The minimum atomic E-state index is -0.765. The number of ether oxygens (including phenoxy) is 1. The molecule has 0 spiro atoms. The van der Waals surface area contributed by atoms with Gasteiger partial charge in [-0.05, 0) is 48.7 Å². The normalized spacial score (nSPS) is 16.9. The number of nitro benzene ring substituents is 1. The van der Waals surface area contributed by atoms with Crippen molar-refractivity contribution < 1.29 is 14.5 Å². The van der Waals surface area contributed by atoms with Gasteiger partial charge in [-0.3, -0.25) is 14.9 Å². The molecule has 158 valence electrons. The lowest BCUT2D eigenvalue weighted by molar-refractivity contribution is -0.384. The van der Waals surface area contributed by atoms with E-state index in [1.807, 2.05) is 36.4 Å². The van der Waals surface area contributed by atoms with Crippen LogP contribution < -0.4 is 10.1 Å². The molecule has 0 fully saturated rings. The molecule has 6 nitrogen and oxygen atoms in total. The first-order valence-corrected chi connectivity index (χ1v) is 10.5. The van der Waals surface area contributed by atoms with Crippen molar-refractivity contribution >= 4 is 17.2 Å². The molecule has 0 amide bonds. The smallest absolute Gasteiger partial charge is 0.269 e. The standard InChI is InChI=1S/C25H24N2O4/c1-2-3-6-17-9-13-19(14-10-17)26-23-21-7-4-5-8-22(21)31-25(23)24(28)18-11-15-20(16-12-18)27(29)30/h4-5,7-16,23,25-26H,2-3,6H2,1H3. The van der Waals surface area contributed by atoms with Gasteiger partial charge < -0.3 is 10.1 Å². The Hall–Kier alpha value is -3.67. The Labute approximate surface area is 181 Å². The van der Waals surface area contributed by atoms with E-state index in [2.05, 4.69) is 24.4 Å². The summed E-state index contributed by atoms with van der Waals surface area (Å²) in [5, 5.41) is 14.4. The molecule has 0 aliphatic carbocycles. The summed E-state index contributed by atoms with van der Waals surface area (Å²) in [5.74, 6) is 0.447. The number of carbonyl (C=O) groups excluding carboxylic acids is 1. The highest BCUT2D eigenvalue weighted by atomic mass is 16.6. The van der Waals surface area contributed by atoms with Gasteiger partial charge in [0.05, 0.1) is 11.0 Å². The van der Waals surface area contributed by atoms with Crippen LogP contribution in [0.4, 0.5) is 11.4 Å². The molecule has 2 unspecified atom stereocenters. The molecule has 1 heterocycles. The molecule has 0 aromatic heterocycles. The lowest BCUT2D eigenvalue weighted by Crippen LogP contribution is -2.33. The van der Waals surface area contributed by atoms with E-state index < -0.39 is 11.0 Å². The predicted octanol–water partition coefficient (Wildman–Crippen LogP) is 5.73. The molecule has 1 aliphatic rings. The molecule has 0 saturated heterocycles. The number of carbonyl (C=O) groups is 1.